The first-order valence-electron chi connectivity index (χ1n) is 30.6. The first-order chi connectivity index (χ1) is 35.5. The molecule has 6 nitrogen and oxygen atoms in total. The highest BCUT2D eigenvalue weighted by atomic mass is 16.6. The van der Waals surface area contributed by atoms with Gasteiger partial charge in [0.05, 0.1) is 0 Å². The highest BCUT2D eigenvalue weighted by Crippen LogP contribution is 2.16. The van der Waals surface area contributed by atoms with Gasteiger partial charge in [-0.25, -0.2) is 0 Å². The zero-order valence-electron chi connectivity index (χ0n) is 47.4. The third kappa shape index (κ3) is 57.5. The van der Waals surface area contributed by atoms with Crippen LogP contribution in [-0.4, -0.2) is 37.2 Å². The first-order valence-corrected chi connectivity index (χ1v) is 30.6. The van der Waals surface area contributed by atoms with Crippen LogP contribution in [0.5, 0.6) is 0 Å². The summed E-state index contributed by atoms with van der Waals surface area (Å²) in [7, 11) is 0. The largest absolute Gasteiger partial charge is 0.462 e. The summed E-state index contributed by atoms with van der Waals surface area (Å²) < 4.78 is 16.8. The molecule has 0 saturated heterocycles. The van der Waals surface area contributed by atoms with Crippen molar-refractivity contribution in [2.75, 3.05) is 13.2 Å². The number of hydrogen-bond donors (Lipinski definition) is 0. The Morgan fingerprint density at radius 1 is 0.292 bits per heavy atom. The van der Waals surface area contributed by atoms with Gasteiger partial charge in [-0.2, -0.15) is 0 Å². The molecule has 0 spiro atoms. The van der Waals surface area contributed by atoms with Crippen molar-refractivity contribution in [2.45, 2.75) is 303 Å². The van der Waals surface area contributed by atoms with Gasteiger partial charge >= 0.3 is 17.9 Å². The molecule has 0 aromatic heterocycles. The SMILES string of the molecule is CC/C=C\C/C=C\C/C=C\C/C=C\C/C=C\C/C=C\CCC(=O)OCC(COC(=O)CCCCCCCCCCCCCCCCCCC)OC(=O)CCCCCCCCC/C=C\CCCCCCCCC. The molecule has 0 saturated carbocycles. The number of unbranched alkanes of at least 4 members (excludes halogenated alkanes) is 30. The van der Waals surface area contributed by atoms with Crippen molar-refractivity contribution in [3.63, 3.8) is 0 Å². The van der Waals surface area contributed by atoms with E-state index in [1.807, 2.05) is 6.08 Å². The van der Waals surface area contributed by atoms with Crippen molar-refractivity contribution >= 4 is 17.9 Å². The molecule has 0 rings (SSSR count). The van der Waals surface area contributed by atoms with E-state index in [4.69, 9.17) is 14.2 Å². The molecular weight excluding hydrogens is 889 g/mol. The molecule has 0 aliphatic heterocycles. The Balaban J connectivity index is 4.48. The topological polar surface area (TPSA) is 78.9 Å². The zero-order chi connectivity index (χ0) is 52.2. The van der Waals surface area contributed by atoms with Gasteiger partial charge in [-0.3, -0.25) is 14.4 Å². The van der Waals surface area contributed by atoms with E-state index >= 15 is 0 Å². The van der Waals surface area contributed by atoms with Gasteiger partial charge < -0.3 is 14.2 Å². The Labute approximate surface area is 445 Å². The van der Waals surface area contributed by atoms with Gasteiger partial charge in [0.1, 0.15) is 13.2 Å². The van der Waals surface area contributed by atoms with E-state index in [0.717, 1.165) is 77.0 Å². The Bertz CT molecular complexity index is 1380. The molecule has 414 valence electrons. The number of ether oxygens (including phenoxy) is 3. The molecule has 0 fully saturated rings. The second kappa shape index (κ2) is 60.1. The average molecular weight is 1000 g/mol. The number of hydrogen-bond acceptors (Lipinski definition) is 6. The van der Waals surface area contributed by atoms with Crippen LogP contribution < -0.4 is 0 Å². The molecule has 1 atom stereocenters. The highest BCUT2D eigenvalue weighted by molar-refractivity contribution is 5.71. The number of allylic oxidation sites excluding steroid dienone is 14. The maximum absolute atomic E-state index is 12.9. The quantitative estimate of drug-likeness (QED) is 0.0261. The Kier molecular flexibility index (Phi) is 57.3. The van der Waals surface area contributed by atoms with Gasteiger partial charge in [0.15, 0.2) is 6.10 Å². The fraction of sp³-hybridized carbons (Fsp3) is 0.742. The maximum Gasteiger partial charge on any atom is 0.306 e. The minimum Gasteiger partial charge on any atom is -0.462 e. The normalized spacial score (nSPS) is 12.7. The van der Waals surface area contributed by atoms with Crippen LogP contribution in [0.1, 0.15) is 297 Å². The Morgan fingerprint density at radius 3 is 0.931 bits per heavy atom. The van der Waals surface area contributed by atoms with Gasteiger partial charge in [0.25, 0.3) is 0 Å². The highest BCUT2D eigenvalue weighted by Gasteiger charge is 2.19. The average Bonchev–Trinajstić information content (AvgIpc) is 3.38. The van der Waals surface area contributed by atoms with E-state index < -0.39 is 6.10 Å². The van der Waals surface area contributed by atoms with Crippen molar-refractivity contribution in [2.24, 2.45) is 0 Å². The maximum atomic E-state index is 12.9. The van der Waals surface area contributed by atoms with Crippen LogP contribution >= 0.6 is 0 Å². The lowest BCUT2D eigenvalue weighted by Crippen LogP contribution is -2.30. The summed E-state index contributed by atoms with van der Waals surface area (Å²) in [6.07, 6.45) is 78.8. The molecule has 0 heterocycles. The van der Waals surface area contributed by atoms with E-state index in [9.17, 15) is 14.4 Å². The first kappa shape index (κ1) is 68.6. The van der Waals surface area contributed by atoms with Crippen molar-refractivity contribution in [3.05, 3.63) is 85.1 Å². The van der Waals surface area contributed by atoms with Crippen LogP contribution in [0, 0.1) is 0 Å². The predicted octanol–water partition coefficient (Wildman–Crippen LogP) is 20.7. The zero-order valence-corrected chi connectivity index (χ0v) is 47.4. The molecule has 0 amide bonds. The van der Waals surface area contributed by atoms with E-state index in [1.54, 1.807) is 0 Å². The minimum absolute atomic E-state index is 0.0989. The predicted molar refractivity (Wildman–Crippen MR) is 311 cm³/mol. The van der Waals surface area contributed by atoms with Crippen LogP contribution in [0.2, 0.25) is 0 Å². The summed E-state index contributed by atoms with van der Waals surface area (Å²) in [6, 6.07) is 0. The molecule has 0 aliphatic carbocycles. The van der Waals surface area contributed by atoms with Crippen molar-refractivity contribution in [1.29, 1.82) is 0 Å². The Hall–Kier alpha value is -3.41. The monoisotopic (exact) mass is 1000 g/mol. The van der Waals surface area contributed by atoms with Gasteiger partial charge in [-0.05, 0) is 83.5 Å². The smallest absolute Gasteiger partial charge is 0.306 e. The lowest BCUT2D eigenvalue weighted by molar-refractivity contribution is -0.166. The molecule has 6 heteroatoms. The summed E-state index contributed by atoms with van der Waals surface area (Å²) in [5.41, 5.74) is 0. The van der Waals surface area contributed by atoms with Crippen molar-refractivity contribution < 1.29 is 28.6 Å². The van der Waals surface area contributed by atoms with Crippen molar-refractivity contribution in [1.82, 2.24) is 0 Å². The van der Waals surface area contributed by atoms with E-state index in [-0.39, 0.29) is 37.5 Å². The number of rotatable bonds is 55. The third-order valence-corrected chi connectivity index (χ3v) is 13.1. The lowest BCUT2D eigenvalue weighted by atomic mass is 10.0. The van der Waals surface area contributed by atoms with E-state index in [2.05, 4.69) is 99.8 Å². The molecule has 72 heavy (non-hydrogen) atoms. The van der Waals surface area contributed by atoms with Crippen LogP contribution in [0.25, 0.3) is 0 Å². The molecule has 0 aromatic rings. The van der Waals surface area contributed by atoms with Crippen LogP contribution in [0.3, 0.4) is 0 Å². The second-order valence-corrected chi connectivity index (χ2v) is 20.2. The van der Waals surface area contributed by atoms with Crippen LogP contribution in [0.4, 0.5) is 0 Å². The number of esters is 3. The Morgan fingerprint density at radius 2 is 0.569 bits per heavy atom. The summed E-state index contributed by atoms with van der Waals surface area (Å²) in [5, 5.41) is 0. The molecule has 0 radical (unpaired) electrons. The molecule has 1 unspecified atom stereocenters. The number of carbonyl (C=O) groups excluding carboxylic acids is 3. The fourth-order valence-electron chi connectivity index (χ4n) is 8.58. The van der Waals surface area contributed by atoms with E-state index in [0.29, 0.717) is 19.3 Å². The number of carbonyl (C=O) groups is 3. The third-order valence-electron chi connectivity index (χ3n) is 13.1. The molecular formula is C66H114O6. The molecule has 0 bridgehead atoms. The van der Waals surface area contributed by atoms with Gasteiger partial charge in [-0.1, -0.05) is 279 Å². The lowest BCUT2D eigenvalue weighted by Gasteiger charge is -2.18. The molecule has 0 aliphatic rings. The second-order valence-electron chi connectivity index (χ2n) is 20.2. The van der Waals surface area contributed by atoms with Gasteiger partial charge in [0.2, 0.25) is 0 Å². The minimum atomic E-state index is -0.809. The summed E-state index contributed by atoms with van der Waals surface area (Å²) >= 11 is 0. The van der Waals surface area contributed by atoms with E-state index in [1.165, 1.54) is 173 Å². The summed E-state index contributed by atoms with van der Waals surface area (Å²) in [5.74, 6) is -0.980. The van der Waals surface area contributed by atoms with Gasteiger partial charge in [-0.15, -0.1) is 0 Å². The van der Waals surface area contributed by atoms with Crippen LogP contribution in [0.15, 0.2) is 85.1 Å². The van der Waals surface area contributed by atoms with Crippen LogP contribution in [-0.2, 0) is 28.6 Å². The standard InChI is InChI=1S/C66H114O6/c1-4-7-10-13-16-19-22-25-28-31-33-36-38-41-44-47-50-53-56-59-65(68)71-62-63(61-70-64(67)58-55-52-49-46-43-40-37-34-30-27-24-21-18-15-12-9-6-3)72-66(69)60-57-54-51-48-45-42-39-35-32-29-26-23-20-17-14-11-8-5-2/h7,10,16,19,25,28-29,32-33,36,41,44,50,53,63H,4-6,8-9,11-15,17-18,20-24,26-27,30-31,34-35,37-40,42-43,45-49,51-52,54-62H2,1-3H3/b10-7-,19-16-,28-25-,32-29-,36-33-,44-41-,53-50-. The summed E-state index contributed by atoms with van der Waals surface area (Å²) in [4.78, 5) is 38.2. The molecule has 0 N–H and O–H groups in total. The van der Waals surface area contributed by atoms with Crippen molar-refractivity contribution in [3.8, 4) is 0 Å². The van der Waals surface area contributed by atoms with Gasteiger partial charge in [0, 0.05) is 19.3 Å². The fourth-order valence-corrected chi connectivity index (χ4v) is 8.58. The summed E-state index contributed by atoms with van der Waals surface area (Å²) in [6.45, 7) is 6.49. The molecule has 0 aromatic carbocycles.